The van der Waals surface area contributed by atoms with Gasteiger partial charge in [0, 0.05) is 12.1 Å². The summed E-state index contributed by atoms with van der Waals surface area (Å²) in [6, 6.07) is 0.619. The molecule has 4 nitrogen and oxygen atoms in total. The summed E-state index contributed by atoms with van der Waals surface area (Å²) >= 11 is 0. The van der Waals surface area contributed by atoms with E-state index in [1.165, 1.54) is 0 Å². The molecular formula is C12H22N2O2. The summed E-state index contributed by atoms with van der Waals surface area (Å²) in [4.78, 5) is 11.6. The zero-order chi connectivity index (χ0) is 11.9. The summed E-state index contributed by atoms with van der Waals surface area (Å²) in [5.41, 5.74) is 5.49. The third kappa shape index (κ3) is 2.48. The van der Waals surface area contributed by atoms with Gasteiger partial charge in [0.05, 0.1) is 0 Å². The smallest absolute Gasteiger partial charge is 0.407 e. The minimum absolute atomic E-state index is 0.286. The molecule has 0 aromatic heterocycles. The Morgan fingerprint density at radius 3 is 2.56 bits per heavy atom. The zero-order valence-corrected chi connectivity index (χ0v) is 10.3. The fourth-order valence-electron chi connectivity index (χ4n) is 2.90. The van der Waals surface area contributed by atoms with Gasteiger partial charge in [0.1, 0.15) is 5.60 Å². The van der Waals surface area contributed by atoms with Crippen molar-refractivity contribution in [2.75, 3.05) is 0 Å². The van der Waals surface area contributed by atoms with Crippen LogP contribution in [0.2, 0.25) is 0 Å². The average molecular weight is 226 g/mol. The predicted molar refractivity (Wildman–Crippen MR) is 62.0 cm³/mol. The second-order valence-corrected chi connectivity index (χ2v) is 6.14. The van der Waals surface area contributed by atoms with Gasteiger partial charge in [-0.1, -0.05) is 0 Å². The van der Waals surface area contributed by atoms with E-state index in [0.29, 0.717) is 12.0 Å². The maximum Gasteiger partial charge on any atom is 0.407 e. The van der Waals surface area contributed by atoms with Crippen molar-refractivity contribution in [1.29, 1.82) is 0 Å². The Balaban J connectivity index is 1.78. The first-order valence-corrected chi connectivity index (χ1v) is 6.10. The molecule has 2 aliphatic carbocycles. The average Bonchev–Trinajstić information content (AvgIpc) is 2.36. The zero-order valence-electron chi connectivity index (χ0n) is 10.3. The first-order chi connectivity index (χ1) is 7.35. The highest BCUT2D eigenvalue weighted by molar-refractivity contribution is 5.68. The largest absolute Gasteiger partial charge is 0.444 e. The fraction of sp³-hybridized carbons (Fsp3) is 0.917. The number of nitrogens with two attached hydrogens (primary N) is 1. The number of carbonyl (C=O) groups excluding carboxylic acids is 1. The first kappa shape index (κ1) is 11.7. The van der Waals surface area contributed by atoms with E-state index >= 15 is 0 Å². The van der Waals surface area contributed by atoms with Gasteiger partial charge in [0.2, 0.25) is 0 Å². The Bertz CT molecular complexity index is 285. The molecule has 0 saturated heterocycles. The van der Waals surface area contributed by atoms with E-state index in [0.717, 1.165) is 25.2 Å². The lowest BCUT2D eigenvalue weighted by atomic mass is 9.71. The first-order valence-electron chi connectivity index (χ1n) is 6.10. The van der Waals surface area contributed by atoms with Crippen molar-refractivity contribution in [3.05, 3.63) is 0 Å². The minimum atomic E-state index is -0.417. The third-order valence-electron chi connectivity index (χ3n) is 3.56. The molecule has 1 amide bonds. The van der Waals surface area contributed by atoms with Gasteiger partial charge in [-0.15, -0.1) is 0 Å². The molecule has 4 atom stereocenters. The Morgan fingerprint density at radius 2 is 2.00 bits per heavy atom. The lowest BCUT2D eigenvalue weighted by molar-refractivity contribution is 0.0385. The van der Waals surface area contributed by atoms with Crippen molar-refractivity contribution in [3.8, 4) is 0 Å². The van der Waals surface area contributed by atoms with Crippen LogP contribution < -0.4 is 11.1 Å². The SMILES string of the molecule is CC(C)(C)OC(=O)N[C@@H]1C[C@@H]2CC(N)C[C@@H]21. The molecule has 92 valence electrons. The van der Waals surface area contributed by atoms with Crippen LogP contribution >= 0.6 is 0 Å². The summed E-state index contributed by atoms with van der Waals surface area (Å²) in [6.07, 6.45) is 2.94. The molecule has 3 N–H and O–H groups in total. The molecule has 0 aliphatic heterocycles. The predicted octanol–water partition coefficient (Wildman–Crippen LogP) is 1.64. The molecule has 4 heteroatoms. The normalized spacial score (nSPS) is 37.5. The van der Waals surface area contributed by atoms with Gasteiger partial charge in [-0.05, 0) is 51.9 Å². The second kappa shape index (κ2) is 3.91. The number of nitrogens with one attached hydrogen (secondary N) is 1. The molecule has 0 aromatic carbocycles. The van der Waals surface area contributed by atoms with Crippen molar-refractivity contribution in [3.63, 3.8) is 0 Å². The van der Waals surface area contributed by atoms with E-state index < -0.39 is 5.60 Å². The van der Waals surface area contributed by atoms with E-state index in [4.69, 9.17) is 10.5 Å². The van der Waals surface area contributed by atoms with Gasteiger partial charge in [-0.3, -0.25) is 0 Å². The monoisotopic (exact) mass is 226 g/mol. The van der Waals surface area contributed by atoms with E-state index in [2.05, 4.69) is 5.32 Å². The summed E-state index contributed by atoms with van der Waals surface area (Å²) in [6.45, 7) is 5.63. The maximum atomic E-state index is 11.6. The van der Waals surface area contributed by atoms with Crippen molar-refractivity contribution < 1.29 is 9.53 Å². The lowest BCUT2D eigenvalue weighted by Gasteiger charge is -2.40. The third-order valence-corrected chi connectivity index (χ3v) is 3.56. The number of hydrogen-bond donors (Lipinski definition) is 2. The van der Waals surface area contributed by atoms with E-state index in [-0.39, 0.29) is 12.1 Å². The van der Waals surface area contributed by atoms with Gasteiger partial charge < -0.3 is 15.8 Å². The van der Waals surface area contributed by atoms with Crippen LogP contribution in [0, 0.1) is 11.8 Å². The minimum Gasteiger partial charge on any atom is -0.444 e. The molecule has 2 aliphatic rings. The molecule has 1 unspecified atom stereocenters. The number of hydrogen-bond acceptors (Lipinski definition) is 3. The molecule has 0 radical (unpaired) electrons. The highest BCUT2D eigenvalue weighted by Gasteiger charge is 2.47. The van der Waals surface area contributed by atoms with Crippen molar-refractivity contribution in [2.24, 2.45) is 17.6 Å². The van der Waals surface area contributed by atoms with Crippen LogP contribution in [0.25, 0.3) is 0 Å². The highest BCUT2D eigenvalue weighted by atomic mass is 16.6. The molecule has 0 heterocycles. The Labute approximate surface area is 96.9 Å². The Morgan fingerprint density at radius 1 is 1.31 bits per heavy atom. The molecule has 0 spiro atoms. The van der Waals surface area contributed by atoms with Crippen LogP contribution in [0.1, 0.15) is 40.0 Å². The van der Waals surface area contributed by atoms with Crippen molar-refractivity contribution in [1.82, 2.24) is 5.32 Å². The summed E-state index contributed by atoms with van der Waals surface area (Å²) in [5, 5.41) is 2.95. The van der Waals surface area contributed by atoms with E-state index in [9.17, 15) is 4.79 Å². The number of ether oxygens (including phenoxy) is 1. The van der Waals surface area contributed by atoms with Crippen LogP contribution in [-0.2, 0) is 4.74 Å². The Hall–Kier alpha value is -0.770. The number of rotatable bonds is 1. The number of amides is 1. The molecule has 2 rings (SSSR count). The fourth-order valence-corrected chi connectivity index (χ4v) is 2.90. The second-order valence-electron chi connectivity index (χ2n) is 6.14. The molecule has 0 aromatic rings. The van der Waals surface area contributed by atoms with Gasteiger partial charge in [-0.25, -0.2) is 4.79 Å². The molecular weight excluding hydrogens is 204 g/mol. The van der Waals surface area contributed by atoms with Crippen LogP contribution in [0.15, 0.2) is 0 Å². The number of carbonyl (C=O) groups is 1. The van der Waals surface area contributed by atoms with Crippen LogP contribution in [-0.4, -0.2) is 23.8 Å². The quantitative estimate of drug-likeness (QED) is 0.714. The molecule has 16 heavy (non-hydrogen) atoms. The van der Waals surface area contributed by atoms with Gasteiger partial charge in [-0.2, -0.15) is 0 Å². The summed E-state index contributed by atoms with van der Waals surface area (Å²) in [7, 11) is 0. The van der Waals surface area contributed by atoms with Gasteiger partial charge in [0.25, 0.3) is 0 Å². The van der Waals surface area contributed by atoms with Crippen molar-refractivity contribution >= 4 is 6.09 Å². The topological polar surface area (TPSA) is 64.3 Å². The van der Waals surface area contributed by atoms with Crippen LogP contribution in [0.3, 0.4) is 0 Å². The Kier molecular flexibility index (Phi) is 2.86. The lowest BCUT2D eigenvalue weighted by Crippen LogP contribution is -2.51. The summed E-state index contributed by atoms with van der Waals surface area (Å²) < 4.78 is 5.24. The molecule has 0 bridgehead atoms. The summed E-state index contributed by atoms with van der Waals surface area (Å²) in [5.74, 6) is 1.32. The van der Waals surface area contributed by atoms with Crippen molar-refractivity contribution in [2.45, 2.75) is 57.7 Å². The maximum absolute atomic E-state index is 11.6. The number of alkyl carbamates (subject to hydrolysis) is 1. The molecule has 2 fully saturated rings. The number of fused-ring (bicyclic) bond motifs is 1. The van der Waals surface area contributed by atoms with Gasteiger partial charge in [0.15, 0.2) is 0 Å². The molecule has 2 saturated carbocycles. The van der Waals surface area contributed by atoms with Crippen LogP contribution in [0.5, 0.6) is 0 Å². The highest BCUT2D eigenvalue weighted by Crippen LogP contribution is 2.46. The van der Waals surface area contributed by atoms with E-state index in [1.807, 2.05) is 20.8 Å². The standard InChI is InChI=1S/C12H22N2O2/c1-12(2,3)16-11(15)14-10-5-7-4-8(13)6-9(7)10/h7-10H,4-6,13H2,1-3H3,(H,14,15)/t7-,8?,9-,10+/m0/s1. The van der Waals surface area contributed by atoms with Gasteiger partial charge >= 0.3 is 6.09 Å². The van der Waals surface area contributed by atoms with Crippen LogP contribution in [0.4, 0.5) is 4.79 Å². The van der Waals surface area contributed by atoms with E-state index in [1.54, 1.807) is 0 Å².